The molecule has 2 nitrogen and oxygen atoms in total. The summed E-state index contributed by atoms with van der Waals surface area (Å²) < 4.78 is 5.84. The molecule has 3 heteroatoms. The van der Waals surface area contributed by atoms with Crippen molar-refractivity contribution < 1.29 is 9.53 Å². The van der Waals surface area contributed by atoms with E-state index in [0.29, 0.717) is 16.1 Å². The summed E-state index contributed by atoms with van der Waals surface area (Å²) in [6.07, 6.45) is 0.811. The van der Waals surface area contributed by atoms with Crippen molar-refractivity contribution in [2.45, 2.75) is 32.8 Å². The van der Waals surface area contributed by atoms with Gasteiger partial charge in [0.2, 0.25) is 0 Å². The summed E-state index contributed by atoms with van der Waals surface area (Å²) in [5.74, 6) is 0.822. The highest BCUT2D eigenvalue weighted by Crippen LogP contribution is 2.36. The van der Waals surface area contributed by atoms with Crippen molar-refractivity contribution in [1.82, 2.24) is 0 Å². The molecule has 1 aliphatic rings. The zero-order valence-corrected chi connectivity index (χ0v) is 13.1. The molecule has 1 heterocycles. The van der Waals surface area contributed by atoms with Crippen LogP contribution in [0.5, 0.6) is 5.75 Å². The first-order valence-corrected chi connectivity index (χ1v) is 7.37. The van der Waals surface area contributed by atoms with Gasteiger partial charge in [0.25, 0.3) is 0 Å². The van der Waals surface area contributed by atoms with Gasteiger partial charge in [0, 0.05) is 17.5 Å². The average molecular weight is 301 g/mol. The van der Waals surface area contributed by atoms with Gasteiger partial charge in [0.1, 0.15) is 11.4 Å². The van der Waals surface area contributed by atoms with E-state index in [1.807, 2.05) is 45.0 Å². The maximum atomic E-state index is 12.7. The van der Waals surface area contributed by atoms with Gasteiger partial charge < -0.3 is 4.74 Å². The third kappa shape index (κ3) is 2.56. The van der Waals surface area contributed by atoms with Gasteiger partial charge in [-0.3, -0.25) is 4.79 Å². The topological polar surface area (TPSA) is 26.3 Å². The molecule has 0 fully saturated rings. The fraction of sp³-hybridized carbons (Fsp3) is 0.278. The van der Waals surface area contributed by atoms with Crippen LogP contribution in [0.2, 0.25) is 5.02 Å². The van der Waals surface area contributed by atoms with Crippen LogP contribution in [0.3, 0.4) is 0 Å². The summed E-state index contributed by atoms with van der Waals surface area (Å²) in [5, 5.41) is 0.527. The van der Waals surface area contributed by atoms with Crippen LogP contribution in [0.25, 0.3) is 0 Å². The molecule has 0 unspecified atom stereocenters. The standard InChI is InChI=1S/C18H17ClO2/c1-11-5-4-6-14(16(11)19)17(20)12-7-8-15-13(9-12)10-18(2,3)21-15/h4-9H,10H2,1-3H3. The van der Waals surface area contributed by atoms with E-state index in [-0.39, 0.29) is 11.4 Å². The maximum absolute atomic E-state index is 12.7. The predicted molar refractivity (Wildman–Crippen MR) is 84.5 cm³/mol. The molecule has 2 aromatic carbocycles. The maximum Gasteiger partial charge on any atom is 0.194 e. The number of aryl methyl sites for hydroxylation is 1. The van der Waals surface area contributed by atoms with Crippen LogP contribution in [0, 0.1) is 6.92 Å². The monoisotopic (exact) mass is 300 g/mol. The molecular weight excluding hydrogens is 284 g/mol. The van der Waals surface area contributed by atoms with Crippen LogP contribution >= 0.6 is 11.6 Å². The first-order valence-electron chi connectivity index (χ1n) is 6.99. The lowest BCUT2D eigenvalue weighted by Gasteiger charge is -2.16. The second kappa shape index (κ2) is 4.88. The SMILES string of the molecule is Cc1cccc(C(=O)c2ccc3c(c2)CC(C)(C)O3)c1Cl. The highest BCUT2D eigenvalue weighted by molar-refractivity contribution is 6.35. The smallest absolute Gasteiger partial charge is 0.194 e. The molecule has 0 amide bonds. The largest absolute Gasteiger partial charge is 0.487 e. The molecule has 2 aromatic rings. The Kier molecular flexibility index (Phi) is 3.29. The number of rotatable bonds is 2. The Morgan fingerprint density at radius 1 is 1.24 bits per heavy atom. The number of fused-ring (bicyclic) bond motifs is 1. The van der Waals surface area contributed by atoms with E-state index in [2.05, 4.69) is 0 Å². The van der Waals surface area contributed by atoms with Crippen molar-refractivity contribution in [3.63, 3.8) is 0 Å². The first-order chi connectivity index (χ1) is 9.87. The third-order valence-corrected chi connectivity index (χ3v) is 4.26. The minimum absolute atomic E-state index is 0.0452. The predicted octanol–water partition coefficient (Wildman–Crippen LogP) is 4.59. The van der Waals surface area contributed by atoms with E-state index >= 15 is 0 Å². The zero-order valence-electron chi connectivity index (χ0n) is 12.4. The molecular formula is C18H17ClO2. The second-order valence-electron chi connectivity index (χ2n) is 6.13. The Labute approximate surface area is 129 Å². The fourth-order valence-corrected chi connectivity index (χ4v) is 2.94. The Bertz CT molecular complexity index is 732. The van der Waals surface area contributed by atoms with Gasteiger partial charge in [0.15, 0.2) is 5.78 Å². The quantitative estimate of drug-likeness (QED) is 0.758. The molecule has 0 bridgehead atoms. The van der Waals surface area contributed by atoms with Gasteiger partial charge in [-0.15, -0.1) is 0 Å². The summed E-state index contributed by atoms with van der Waals surface area (Å²) in [5.41, 5.74) is 2.99. The summed E-state index contributed by atoms with van der Waals surface area (Å²) in [6, 6.07) is 11.1. The highest BCUT2D eigenvalue weighted by atomic mass is 35.5. The molecule has 0 N–H and O–H groups in total. The number of carbonyl (C=O) groups is 1. The second-order valence-corrected chi connectivity index (χ2v) is 6.50. The molecule has 0 saturated heterocycles. The summed E-state index contributed by atoms with van der Waals surface area (Å²) in [7, 11) is 0. The number of hydrogen-bond donors (Lipinski definition) is 0. The van der Waals surface area contributed by atoms with Crippen LogP contribution in [-0.4, -0.2) is 11.4 Å². The fourth-order valence-electron chi connectivity index (χ4n) is 2.73. The first kappa shape index (κ1) is 14.2. The van der Waals surface area contributed by atoms with E-state index in [1.165, 1.54) is 0 Å². The van der Waals surface area contributed by atoms with E-state index in [0.717, 1.165) is 23.3 Å². The molecule has 0 aliphatic carbocycles. The number of ketones is 1. The average Bonchev–Trinajstić information content (AvgIpc) is 2.73. The van der Waals surface area contributed by atoms with Crippen LogP contribution < -0.4 is 4.74 Å². The van der Waals surface area contributed by atoms with Crippen molar-refractivity contribution in [3.8, 4) is 5.75 Å². The van der Waals surface area contributed by atoms with Crippen molar-refractivity contribution in [2.75, 3.05) is 0 Å². The zero-order chi connectivity index (χ0) is 15.2. The van der Waals surface area contributed by atoms with Gasteiger partial charge >= 0.3 is 0 Å². The lowest BCUT2D eigenvalue weighted by molar-refractivity contribution is 0.103. The van der Waals surface area contributed by atoms with E-state index in [4.69, 9.17) is 16.3 Å². The van der Waals surface area contributed by atoms with Crippen LogP contribution in [-0.2, 0) is 6.42 Å². The Morgan fingerprint density at radius 3 is 2.76 bits per heavy atom. The molecule has 0 atom stereocenters. The highest BCUT2D eigenvalue weighted by Gasteiger charge is 2.30. The van der Waals surface area contributed by atoms with Crippen LogP contribution in [0.1, 0.15) is 40.9 Å². The van der Waals surface area contributed by atoms with Gasteiger partial charge in [-0.25, -0.2) is 0 Å². The van der Waals surface area contributed by atoms with Gasteiger partial charge in [-0.1, -0.05) is 23.7 Å². The molecule has 108 valence electrons. The van der Waals surface area contributed by atoms with Crippen molar-refractivity contribution in [2.24, 2.45) is 0 Å². The number of ether oxygens (including phenoxy) is 1. The van der Waals surface area contributed by atoms with Gasteiger partial charge in [-0.2, -0.15) is 0 Å². The van der Waals surface area contributed by atoms with Crippen molar-refractivity contribution in [3.05, 3.63) is 63.7 Å². The van der Waals surface area contributed by atoms with Gasteiger partial charge in [-0.05, 0) is 56.2 Å². The van der Waals surface area contributed by atoms with Crippen LogP contribution in [0.15, 0.2) is 36.4 Å². The summed E-state index contributed by atoms with van der Waals surface area (Å²) in [6.45, 7) is 6.00. The minimum Gasteiger partial charge on any atom is -0.487 e. The number of benzene rings is 2. The third-order valence-electron chi connectivity index (χ3n) is 3.76. The lowest BCUT2D eigenvalue weighted by atomic mass is 9.96. The lowest BCUT2D eigenvalue weighted by Crippen LogP contribution is -2.24. The Hall–Kier alpha value is -1.80. The molecule has 0 saturated carbocycles. The van der Waals surface area contributed by atoms with Crippen molar-refractivity contribution in [1.29, 1.82) is 0 Å². The minimum atomic E-state index is -0.203. The van der Waals surface area contributed by atoms with Crippen LogP contribution in [0.4, 0.5) is 0 Å². The normalized spacial score (nSPS) is 15.4. The summed E-state index contributed by atoms with van der Waals surface area (Å²) >= 11 is 6.26. The molecule has 1 aliphatic heterocycles. The number of halogens is 1. The van der Waals surface area contributed by atoms with E-state index < -0.39 is 0 Å². The van der Waals surface area contributed by atoms with Gasteiger partial charge in [0.05, 0.1) is 5.02 Å². The Balaban J connectivity index is 1.99. The molecule has 0 spiro atoms. The molecule has 0 aromatic heterocycles. The summed E-state index contributed by atoms with van der Waals surface area (Å²) in [4.78, 5) is 12.7. The molecule has 3 rings (SSSR count). The van der Waals surface area contributed by atoms with E-state index in [1.54, 1.807) is 12.1 Å². The Morgan fingerprint density at radius 2 is 2.00 bits per heavy atom. The van der Waals surface area contributed by atoms with E-state index in [9.17, 15) is 4.79 Å². The molecule has 0 radical (unpaired) electrons. The number of hydrogen-bond acceptors (Lipinski definition) is 2. The van der Waals surface area contributed by atoms with Crippen molar-refractivity contribution >= 4 is 17.4 Å². The molecule has 21 heavy (non-hydrogen) atoms. The number of carbonyl (C=O) groups excluding carboxylic acids is 1.